The minimum absolute atomic E-state index is 0.0331. The first-order chi connectivity index (χ1) is 17.9. The van der Waals surface area contributed by atoms with Crippen molar-refractivity contribution in [2.75, 3.05) is 20.3 Å². The van der Waals surface area contributed by atoms with Gasteiger partial charge < -0.3 is 39.4 Å². The Morgan fingerprint density at radius 3 is 2.70 bits per heavy atom. The molecular formula is C27H32N2O8. The van der Waals surface area contributed by atoms with Crippen molar-refractivity contribution in [3.8, 4) is 11.5 Å². The van der Waals surface area contributed by atoms with Crippen LogP contribution in [0, 0.1) is 0 Å². The van der Waals surface area contributed by atoms with Crippen molar-refractivity contribution >= 4 is 11.8 Å². The Morgan fingerprint density at radius 2 is 2.05 bits per heavy atom. The van der Waals surface area contributed by atoms with Gasteiger partial charge >= 0.3 is 0 Å². The van der Waals surface area contributed by atoms with Gasteiger partial charge in [-0.05, 0) is 42.3 Å². The molecule has 1 aliphatic heterocycles. The predicted octanol–water partition coefficient (Wildman–Crippen LogP) is 1.40. The Labute approximate surface area is 214 Å². The highest BCUT2D eigenvalue weighted by Gasteiger charge is 2.51. The van der Waals surface area contributed by atoms with Gasteiger partial charge in [-0.2, -0.15) is 0 Å². The normalized spacial score (nSPS) is 22.1. The first-order valence-corrected chi connectivity index (χ1v) is 12.2. The summed E-state index contributed by atoms with van der Waals surface area (Å²) in [6, 6.07) is 4.18. The number of hydrogen-bond acceptors (Lipinski definition) is 8. The molecule has 198 valence electrons. The number of methoxy groups -OCH3 is 1. The molecule has 4 N–H and O–H groups in total. The average molecular weight is 513 g/mol. The van der Waals surface area contributed by atoms with Gasteiger partial charge in [0.15, 0.2) is 11.5 Å². The molecule has 2 amide bonds. The van der Waals surface area contributed by atoms with E-state index in [4.69, 9.17) is 13.9 Å². The molecule has 2 heterocycles. The summed E-state index contributed by atoms with van der Waals surface area (Å²) in [5, 5.41) is 33.3. The number of carbonyl (C=O) groups is 2. The summed E-state index contributed by atoms with van der Waals surface area (Å²) in [6.07, 6.45) is 6.33. The van der Waals surface area contributed by atoms with Crippen molar-refractivity contribution in [3.05, 3.63) is 71.2 Å². The van der Waals surface area contributed by atoms with E-state index in [0.717, 1.165) is 5.56 Å². The minimum Gasteiger partial charge on any atom is -0.493 e. The van der Waals surface area contributed by atoms with Crippen molar-refractivity contribution in [1.82, 2.24) is 10.2 Å². The lowest BCUT2D eigenvalue weighted by molar-refractivity contribution is -0.133. The van der Waals surface area contributed by atoms with Crippen molar-refractivity contribution < 1.29 is 38.8 Å². The van der Waals surface area contributed by atoms with Crippen molar-refractivity contribution in [2.45, 2.75) is 50.7 Å². The first-order valence-electron chi connectivity index (χ1n) is 12.2. The SMILES string of the molecule is CCC=CC(=O)N(Cc1ccoc1)C1C=C(C(=O)NCCO)C2c3cc(CO)cc(OC)c3OC2C1O. The maximum absolute atomic E-state index is 13.3. The smallest absolute Gasteiger partial charge is 0.247 e. The van der Waals surface area contributed by atoms with E-state index in [1.807, 2.05) is 6.92 Å². The number of aliphatic hydroxyl groups is 3. The quantitative estimate of drug-likeness (QED) is 0.350. The highest BCUT2D eigenvalue weighted by molar-refractivity contribution is 5.96. The van der Waals surface area contributed by atoms with E-state index in [1.165, 1.54) is 30.6 Å². The molecule has 2 aliphatic rings. The molecular weight excluding hydrogens is 480 g/mol. The van der Waals surface area contributed by atoms with Crippen LogP contribution in [-0.4, -0.2) is 70.5 Å². The molecule has 0 radical (unpaired) electrons. The Morgan fingerprint density at radius 1 is 1.24 bits per heavy atom. The second-order valence-corrected chi connectivity index (χ2v) is 8.93. The third kappa shape index (κ3) is 5.27. The first kappa shape index (κ1) is 26.5. The molecule has 37 heavy (non-hydrogen) atoms. The molecule has 0 spiro atoms. The lowest BCUT2D eigenvalue weighted by atomic mass is 9.77. The molecule has 10 heteroatoms. The van der Waals surface area contributed by atoms with Gasteiger partial charge in [0.25, 0.3) is 0 Å². The number of hydrogen-bond donors (Lipinski definition) is 4. The molecule has 4 atom stereocenters. The summed E-state index contributed by atoms with van der Waals surface area (Å²) < 4.78 is 16.9. The monoisotopic (exact) mass is 512 g/mol. The van der Waals surface area contributed by atoms with Crippen LogP contribution in [0.15, 0.2) is 58.9 Å². The third-order valence-corrected chi connectivity index (χ3v) is 6.57. The molecule has 10 nitrogen and oxygen atoms in total. The van der Waals surface area contributed by atoms with Crippen LogP contribution in [0.5, 0.6) is 11.5 Å². The number of amides is 2. The number of allylic oxidation sites excluding steroid dienone is 1. The maximum atomic E-state index is 13.3. The second-order valence-electron chi connectivity index (χ2n) is 8.93. The number of nitrogens with zero attached hydrogens (tertiary/aromatic N) is 1. The topological polar surface area (TPSA) is 142 Å². The molecule has 2 aromatic rings. The summed E-state index contributed by atoms with van der Waals surface area (Å²) in [4.78, 5) is 28.0. The summed E-state index contributed by atoms with van der Waals surface area (Å²) >= 11 is 0. The lowest BCUT2D eigenvalue weighted by Crippen LogP contribution is -2.55. The predicted molar refractivity (Wildman–Crippen MR) is 133 cm³/mol. The van der Waals surface area contributed by atoms with Gasteiger partial charge in [-0.1, -0.05) is 13.0 Å². The number of rotatable bonds is 10. The van der Waals surface area contributed by atoms with Crippen LogP contribution in [0.25, 0.3) is 0 Å². The van der Waals surface area contributed by atoms with E-state index in [1.54, 1.807) is 30.4 Å². The molecule has 0 saturated carbocycles. The standard InChI is InChI=1S/C27H32N2O8/c1-3-4-5-22(32)29(13-16-6-9-36-15-16)20-12-19(27(34)28-7-8-30)23-18-10-17(14-31)11-21(35-2)25(18)37-26(23)24(20)33/h4-6,9-12,15,20,23-24,26,30-31,33H,3,7-8,13-14H2,1-2H3,(H,28,34). The van der Waals surface area contributed by atoms with E-state index in [9.17, 15) is 24.9 Å². The van der Waals surface area contributed by atoms with Crippen LogP contribution in [0.4, 0.5) is 0 Å². The van der Waals surface area contributed by atoms with Crippen LogP contribution in [0.1, 0.15) is 36.0 Å². The zero-order chi connectivity index (χ0) is 26.5. The van der Waals surface area contributed by atoms with Gasteiger partial charge in [-0.3, -0.25) is 9.59 Å². The number of aliphatic hydroxyl groups excluding tert-OH is 3. The van der Waals surface area contributed by atoms with Gasteiger partial charge in [0, 0.05) is 29.8 Å². The Bertz CT molecular complexity index is 1170. The molecule has 4 unspecified atom stereocenters. The number of ether oxygens (including phenoxy) is 2. The molecule has 1 aromatic heterocycles. The highest BCUT2D eigenvalue weighted by atomic mass is 16.5. The van der Waals surface area contributed by atoms with Crippen LogP contribution in [-0.2, 0) is 22.7 Å². The molecule has 1 aromatic carbocycles. The summed E-state index contributed by atoms with van der Waals surface area (Å²) in [7, 11) is 1.47. The van der Waals surface area contributed by atoms with Crippen molar-refractivity contribution in [2.24, 2.45) is 0 Å². The van der Waals surface area contributed by atoms with E-state index in [0.29, 0.717) is 29.0 Å². The van der Waals surface area contributed by atoms with E-state index in [2.05, 4.69) is 5.32 Å². The Hall–Kier alpha value is -3.60. The number of carbonyl (C=O) groups excluding carboxylic acids is 2. The molecule has 0 saturated heterocycles. The number of furan rings is 1. The average Bonchev–Trinajstić information content (AvgIpc) is 3.57. The highest BCUT2D eigenvalue weighted by Crippen LogP contribution is 2.51. The van der Waals surface area contributed by atoms with Gasteiger partial charge in [-0.15, -0.1) is 0 Å². The number of benzene rings is 1. The van der Waals surface area contributed by atoms with E-state index < -0.39 is 30.1 Å². The second kappa shape index (κ2) is 11.6. The summed E-state index contributed by atoms with van der Waals surface area (Å²) in [5.41, 5.74) is 2.16. The van der Waals surface area contributed by atoms with Crippen LogP contribution in [0.3, 0.4) is 0 Å². The zero-order valence-corrected chi connectivity index (χ0v) is 20.8. The fraction of sp³-hybridized carbons (Fsp3) is 0.407. The minimum atomic E-state index is -1.19. The summed E-state index contributed by atoms with van der Waals surface area (Å²) in [6.45, 7) is 1.58. The maximum Gasteiger partial charge on any atom is 0.247 e. The van der Waals surface area contributed by atoms with E-state index >= 15 is 0 Å². The van der Waals surface area contributed by atoms with Crippen LogP contribution >= 0.6 is 0 Å². The molecule has 0 bridgehead atoms. The van der Waals surface area contributed by atoms with Gasteiger partial charge in [0.2, 0.25) is 11.8 Å². The third-order valence-electron chi connectivity index (χ3n) is 6.57. The molecule has 0 fully saturated rings. The van der Waals surface area contributed by atoms with Crippen molar-refractivity contribution in [3.63, 3.8) is 0 Å². The van der Waals surface area contributed by atoms with Crippen LogP contribution in [0.2, 0.25) is 0 Å². The fourth-order valence-electron chi connectivity index (χ4n) is 4.84. The van der Waals surface area contributed by atoms with Gasteiger partial charge in [0.05, 0.1) is 44.8 Å². The molecule has 4 rings (SSSR count). The Balaban J connectivity index is 1.82. The lowest BCUT2D eigenvalue weighted by Gasteiger charge is -2.40. The van der Waals surface area contributed by atoms with E-state index in [-0.39, 0.29) is 37.8 Å². The van der Waals surface area contributed by atoms with Crippen molar-refractivity contribution in [1.29, 1.82) is 0 Å². The number of fused-ring (bicyclic) bond motifs is 3. The van der Waals surface area contributed by atoms with Crippen LogP contribution < -0.4 is 14.8 Å². The molecule has 1 aliphatic carbocycles. The largest absolute Gasteiger partial charge is 0.493 e. The van der Waals surface area contributed by atoms with Gasteiger partial charge in [-0.25, -0.2) is 0 Å². The summed E-state index contributed by atoms with van der Waals surface area (Å²) in [5.74, 6) is -0.739. The fourth-order valence-corrected chi connectivity index (χ4v) is 4.84. The zero-order valence-electron chi connectivity index (χ0n) is 20.8. The Kier molecular flexibility index (Phi) is 8.32. The number of nitrogens with one attached hydrogen (secondary N) is 1. The van der Waals surface area contributed by atoms with Gasteiger partial charge in [0.1, 0.15) is 12.2 Å².